The molecule has 2 aromatic rings. The molecular formula is C18H22N2S. The second-order valence-electron chi connectivity index (χ2n) is 6.64. The first-order valence-electron chi connectivity index (χ1n) is 7.49. The van der Waals surface area contributed by atoms with Crippen LogP contribution in [0.5, 0.6) is 0 Å². The van der Waals surface area contributed by atoms with Crippen LogP contribution in [0.2, 0.25) is 0 Å². The van der Waals surface area contributed by atoms with Gasteiger partial charge in [-0.3, -0.25) is 4.99 Å². The van der Waals surface area contributed by atoms with Gasteiger partial charge in [-0.1, -0.05) is 62.9 Å². The van der Waals surface area contributed by atoms with Crippen molar-refractivity contribution in [1.82, 2.24) is 0 Å². The molecule has 0 spiro atoms. The summed E-state index contributed by atoms with van der Waals surface area (Å²) in [6, 6.07) is 15.3. The van der Waals surface area contributed by atoms with Gasteiger partial charge in [0.1, 0.15) is 0 Å². The number of nitrogens with one attached hydrogen (secondary N) is 1. The van der Waals surface area contributed by atoms with Gasteiger partial charge in [0.15, 0.2) is 5.17 Å². The molecule has 2 aromatic carbocycles. The van der Waals surface area contributed by atoms with E-state index in [9.17, 15) is 0 Å². The lowest BCUT2D eigenvalue weighted by atomic mass is 9.85. The van der Waals surface area contributed by atoms with Crippen molar-refractivity contribution >= 4 is 33.4 Å². The van der Waals surface area contributed by atoms with Gasteiger partial charge in [-0.2, -0.15) is 0 Å². The van der Waals surface area contributed by atoms with E-state index in [-0.39, 0.29) is 5.41 Å². The quantitative estimate of drug-likeness (QED) is 0.786. The molecule has 1 atom stereocenters. The van der Waals surface area contributed by atoms with Crippen LogP contribution in [0, 0.1) is 5.41 Å². The van der Waals surface area contributed by atoms with Crippen molar-refractivity contribution in [2.24, 2.45) is 10.4 Å². The van der Waals surface area contributed by atoms with E-state index >= 15 is 0 Å². The first-order chi connectivity index (χ1) is 10.0. The number of rotatable bonds is 1. The molecule has 0 saturated heterocycles. The molecule has 0 bridgehead atoms. The Morgan fingerprint density at radius 2 is 1.86 bits per heavy atom. The molecule has 1 unspecified atom stereocenters. The van der Waals surface area contributed by atoms with Crippen LogP contribution in [0.1, 0.15) is 27.2 Å². The number of hydrogen-bond donors (Lipinski definition) is 1. The van der Waals surface area contributed by atoms with E-state index in [0.717, 1.165) is 23.0 Å². The van der Waals surface area contributed by atoms with E-state index in [2.05, 4.69) is 68.6 Å². The van der Waals surface area contributed by atoms with Crippen molar-refractivity contribution in [1.29, 1.82) is 0 Å². The lowest BCUT2D eigenvalue weighted by Gasteiger charge is -2.31. The van der Waals surface area contributed by atoms with Gasteiger partial charge in [-0.15, -0.1) is 0 Å². The summed E-state index contributed by atoms with van der Waals surface area (Å²) in [5.41, 5.74) is 1.35. The first-order valence-corrected chi connectivity index (χ1v) is 8.47. The van der Waals surface area contributed by atoms with Crippen molar-refractivity contribution < 1.29 is 0 Å². The highest BCUT2D eigenvalue weighted by atomic mass is 32.2. The molecule has 0 fully saturated rings. The van der Waals surface area contributed by atoms with E-state index in [1.54, 1.807) is 0 Å². The third-order valence-corrected chi connectivity index (χ3v) is 4.82. The van der Waals surface area contributed by atoms with Gasteiger partial charge < -0.3 is 5.32 Å². The Morgan fingerprint density at radius 3 is 2.62 bits per heavy atom. The van der Waals surface area contributed by atoms with Crippen molar-refractivity contribution in [3.05, 3.63) is 42.5 Å². The van der Waals surface area contributed by atoms with Crippen molar-refractivity contribution in [3.63, 3.8) is 0 Å². The van der Waals surface area contributed by atoms with E-state index < -0.39 is 0 Å². The molecule has 3 heteroatoms. The molecule has 0 aliphatic carbocycles. The molecular weight excluding hydrogens is 276 g/mol. The number of aliphatic imine (C=N–C) groups is 1. The number of amidine groups is 1. The molecule has 3 rings (SSSR count). The van der Waals surface area contributed by atoms with Crippen LogP contribution < -0.4 is 5.32 Å². The molecule has 0 amide bonds. The normalized spacial score (nSPS) is 19.4. The minimum atomic E-state index is 0.233. The van der Waals surface area contributed by atoms with Crippen LogP contribution in [0.4, 0.5) is 5.69 Å². The average Bonchev–Trinajstić information content (AvgIpc) is 2.46. The van der Waals surface area contributed by atoms with Crippen LogP contribution in [-0.4, -0.2) is 17.0 Å². The minimum Gasteiger partial charge on any atom is -0.335 e. The largest absolute Gasteiger partial charge is 0.335 e. The molecule has 1 heterocycles. The Bertz CT molecular complexity index is 670. The lowest BCUT2D eigenvalue weighted by Crippen LogP contribution is -2.30. The van der Waals surface area contributed by atoms with Gasteiger partial charge >= 0.3 is 0 Å². The van der Waals surface area contributed by atoms with Gasteiger partial charge in [0, 0.05) is 11.4 Å². The zero-order valence-electron chi connectivity index (χ0n) is 12.9. The van der Waals surface area contributed by atoms with Gasteiger partial charge in [-0.05, 0) is 34.7 Å². The predicted molar refractivity (Wildman–Crippen MR) is 95.3 cm³/mol. The Kier molecular flexibility index (Phi) is 3.94. The monoisotopic (exact) mass is 298 g/mol. The Balaban J connectivity index is 1.82. The zero-order chi connectivity index (χ0) is 14.9. The Morgan fingerprint density at radius 1 is 1.10 bits per heavy atom. The van der Waals surface area contributed by atoms with Gasteiger partial charge in [-0.25, -0.2) is 0 Å². The topological polar surface area (TPSA) is 24.4 Å². The number of benzene rings is 2. The molecule has 1 aliphatic heterocycles. The smallest absolute Gasteiger partial charge is 0.161 e. The third kappa shape index (κ3) is 3.41. The van der Waals surface area contributed by atoms with Crippen LogP contribution in [0.3, 0.4) is 0 Å². The van der Waals surface area contributed by atoms with Gasteiger partial charge in [0.05, 0.1) is 6.04 Å². The molecule has 0 radical (unpaired) electrons. The fraction of sp³-hybridized carbons (Fsp3) is 0.389. The van der Waals surface area contributed by atoms with Crippen LogP contribution in [0.25, 0.3) is 10.8 Å². The summed E-state index contributed by atoms with van der Waals surface area (Å²) in [7, 11) is 0. The fourth-order valence-corrected chi connectivity index (χ4v) is 3.52. The lowest BCUT2D eigenvalue weighted by molar-refractivity contribution is 0.316. The summed E-state index contributed by atoms with van der Waals surface area (Å²) in [5.74, 6) is 1.14. The summed E-state index contributed by atoms with van der Waals surface area (Å²) in [6.07, 6.45) is 1.16. The van der Waals surface area contributed by atoms with Gasteiger partial charge in [0.25, 0.3) is 0 Å². The minimum absolute atomic E-state index is 0.233. The maximum Gasteiger partial charge on any atom is 0.161 e. The van der Waals surface area contributed by atoms with E-state index in [1.807, 2.05) is 11.8 Å². The summed E-state index contributed by atoms with van der Waals surface area (Å²) < 4.78 is 0. The number of fused-ring (bicyclic) bond motifs is 1. The van der Waals surface area contributed by atoms with Crippen LogP contribution in [-0.2, 0) is 0 Å². The second kappa shape index (κ2) is 5.72. The van der Waals surface area contributed by atoms with Crippen molar-refractivity contribution in [3.8, 4) is 0 Å². The molecule has 0 saturated carbocycles. The van der Waals surface area contributed by atoms with E-state index in [1.165, 1.54) is 10.8 Å². The highest BCUT2D eigenvalue weighted by Gasteiger charge is 2.27. The zero-order valence-corrected chi connectivity index (χ0v) is 13.7. The van der Waals surface area contributed by atoms with E-state index in [4.69, 9.17) is 4.99 Å². The van der Waals surface area contributed by atoms with Crippen molar-refractivity contribution in [2.75, 3.05) is 11.1 Å². The maximum absolute atomic E-state index is 4.90. The SMILES string of the molecule is CC(C)(C)C1CCSC(Nc2ccc3ccccc3c2)=N1. The Hall–Kier alpha value is -1.48. The van der Waals surface area contributed by atoms with Crippen LogP contribution in [0.15, 0.2) is 47.5 Å². The molecule has 1 aliphatic rings. The standard InChI is InChI=1S/C18H22N2S/c1-18(2,3)16-10-11-21-17(20-16)19-15-9-8-13-6-4-5-7-14(13)12-15/h4-9,12,16H,10-11H2,1-3H3,(H,19,20). The third-order valence-electron chi connectivity index (χ3n) is 3.90. The second-order valence-corrected chi connectivity index (χ2v) is 7.72. The van der Waals surface area contributed by atoms with Crippen LogP contribution >= 0.6 is 11.8 Å². The summed E-state index contributed by atoms with van der Waals surface area (Å²) in [5, 5.41) is 7.07. The van der Waals surface area contributed by atoms with Gasteiger partial charge in [0.2, 0.25) is 0 Å². The number of nitrogens with zero attached hydrogens (tertiary/aromatic N) is 1. The first kappa shape index (κ1) is 14.5. The Labute approximate surface area is 131 Å². The molecule has 2 nitrogen and oxygen atoms in total. The maximum atomic E-state index is 4.90. The molecule has 0 aromatic heterocycles. The molecule has 21 heavy (non-hydrogen) atoms. The fourth-order valence-electron chi connectivity index (χ4n) is 2.60. The highest BCUT2D eigenvalue weighted by Crippen LogP contribution is 2.31. The highest BCUT2D eigenvalue weighted by molar-refractivity contribution is 8.14. The summed E-state index contributed by atoms with van der Waals surface area (Å²) in [4.78, 5) is 4.90. The van der Waals surface area contributed by atoms with E-state index in [0.29, 0.717) is 6.04 Å². The molecule has 110 valence electrons. The number of thioether (sulfide) groups is 1. The number of anilines is 1. The van der Waals surface area contributed by atoms with Crippen molar-refractivity contribution in [2.45, 2.75) is 33.2 Å². The summed E-state index contributed by atoms with van der Waals surface area (Å²) >= 11 is 1.82. The summed E-state index contributed by atoms with van der Waals surface area (Å²) in [6.45, 7) is 6.81. The number of hydrogen-bond acceptors (Lipinski definition) is 3. The predicted octanol–water partition coefficient (Wildman–Crippen LogP) is 5.16. The molecule has 1 N–H and O–H groups in total. The average molecular weight is 298 g/mol.